The van der Waals surface area contributed by atoms with E-state index < -0.39 is 5.97 Å². The lowest BCUT2D eigenvalue weighted by atomic mass is 10.0. The fourth-order valence-corrected chi connectivity index (χ4v) is 3.30. The maximum atomic E-state index is 10.5. The number of aliphatic carboxylic acids is 1. The predicted octanol–water partition coefficient (Wildman–Crippen LogP) is 3.22. The Morgan fingerprint density at radius 3 is 2.94 bits per heavy atom. The summed E-state index contributed by atoms with van der Waals surface area (Å²) in [6, 6.07) is 4.09. The van der Waals surface area contributed by atoms with Gasteiger partial charge in [0.15, 0.2) is 0 Å². The molecule has 2 heterocycles. The molecule has 1 N–H and O–H groups in total. The minimum absolute atomic E-state index is 0.293. The Morgan fingerprint density at radius 2 is 2.33 bits per heavy atom. The van der Waals surface area contributed by atoms with E-state index in [4.69, 9.17) is 5.11 Å². The molecule has 2 rings (SSSR count). The molecule has 3 nitrogen and oxygen atoms in total. The maximum absolute atomic E-state index is 10.5. The van der Waals surface area contributed by atoms with Crippen LogP contribution in [0.5, 0.6) is 0 Å². The van der Waals surface area contributed by atoms with Gasteiger partial charge in [-0.05, 0) is 51.4 Å². The van der Waals surface area contributed by atoms with Crippen molar-refractivity contribution in [2.45, 2.75) is 38.8 Å². The molecule has 0 unspecified atom stereocenters. The molecule has 0 amide bonds. The van der Waals surface area contributed by atoms with Crippen LogP contribution in [0.3, 0.4) is 0 Å². The third-order valence-corrected chi connectivity index (χ3v) is 4.53. The minimum atomic E-state index is -0.898. The zero-order chi connectivity index (χ0) is 13.2. The highest BCUT2D eigenvalue weighted by Crippen LogP contribution is 2.31. The summed E-state index contributed by atoms with van der Waals surface area (Å²) in [5.74, 6) is -0.898. The van der Waals surface area contributed by atoms with Gasteiger partial charge in [0.25, 0.3) is 0 Å². The molecule has 0 bridgehead atoms. The van der Waals surface area contributed by atoms with Crippen LogP contribution in [-0.4, -0.2) is 28.1 Å². The molecule has 0 spiro atoms. The number of hydrogen-bond donors (Lipinski definition) is 1. The van der Waals surface area contributed by atoms with Crippen LogP contribution in [0.15, 0.2) is 18.2 Å². The standard InChI is InChI=1S/C14H19NO2S/c1-14(2)8-3-9-15(14)10-12-5-4-11(18-12)6-7-13(16)17/h4-7H,3,8-10H2,1-2H3,(H,16,17). The van der Waals surface area contributed by atoms with Crippen LogP contribution >= 0.6 is 11.3 Å². The van der Waals surface area contributed by atoms with Crippen LogP contribution in [0.4, 0.5) is 0 Å². The van der Waals surface area contributed by atoms with Gasteiger partial charge in [-0.2, -0.15) is 0 Å². The molecule has 1 fully saturated rings. The Balaban J connectivity index is 2.01. The first kappa shape index (κ1) is 13.3. The van der Waals surface area contributed by atoms with Crippen molar-refractivity contribution < 1.29 is 9.90 Å². The van der Waals surface area contributed by atoms with E-state index in [1.807, 2.05) is 6.07 Å². The second kappa shape index (κ2) is 5.24. The molecule has 4 heteroatoms. The van der Waals surface area contributed by atoms with Crippen molar-refractivity contribution in [3.05, 3.63) is 28.0 Å². The van der Waals surface area contributed by atoms with E-state index in [0.717, 1.165) is 18.0 Å². The first-order valence-electron chi connectivity index (χ1n) is 6.22. The average Bonchev–Trinajstić information content (AvgIpc) is 2.84. The van der Waals surface area contributed by atoms with Crippen molar-refractivity contribution >= 4 is 23.4 Å². The van der Waals surface area contributed by atoms with Gasteiger partial charge in [-0.25, -0.2) is 4.79 Å². The summed E-state index contributed by atoms with van der Waals surface area (Å²) in [6.45, 7) is 6.71. The molecular formula is C14H19NO2S. The number of carboxylic acids is 1. The van der Waals surface area contributed by atoms with E-state index in [2.05, 4.69) is 24.8 Å². The van der Waals surface area contributed by atoms with E-state index in [-0.39, 0.29) is 0 Å². The highest BCUT2D eigenvalue weighted by molar-refractivity contribution is 7.12. The molecule has 1 aliphatic heterocycles. The summed E-state index contributed by atoms with van der Waals surface area (Å²) in [4.78, 5) is 15.3. The molecular weight excluding hydrogens is 246 g/mol. The van der Waals surface area contributed by atoms with Gasteiger partial charge < -0.3 is 5.11 Å². The van der Waals surface area contributed by atoms with E-state index in [9.17, 15) is 4.79 Å². The van der Waals surface area contributed by atoms with Crippen LogP contribution in [0.25, 0.3) is 6.08 Å². The van der Waals surface area contributed by atoms with Crippen molar-refractivity contribution in [2.75, 3.05) is 6.54 Å². The molecule has 0 radical (unpaired) electrons. The third-order valence-electron chi connectivity index (χ3n) is 3.49. The van der Waals surface area contributed by atoms with Gasteiger partial charge in [0, 0.05) is 27.9 Å². The monoisotopic (exact) mass is 265 g/mol. The first-order chi connectivity index (χ1) is 8.47. The Kier molecular flexibility index (Phi) is 3.88. The molecule has 0 saturated carbocycles. The second-order valence-electron chi connectivity index (χ2n) is 5.31. The minimum Gasteiger partial charge on any atom is -0.478 e. The van der Waals surface area contributed by atoms with Crippen molar-refractivity contribution in [3.8, 4) is 0 Å². The van der Waals surface area contributed by atoms with Gasteiger partial charge in [0.1, 0.15) is 0 Å². The van der Waals surface area contributed by atoms with Gasteiger partial charge >= 0.3 is 5.97 Å². The number of hydrogen-bond acceptors (Lipinski definition) is 3. The van der Waals surface area contributed by atoms with Crippen molar-refractivity contribution in [1.82, 2.24) is 4.90 Å². The smallest absolute Gasteiger partial charge is 0.328 e. The molecule has 0 aromatic carbocycles. The summed E-state index contributed by atoms with van der Waals surface area (Å²) < 4.78 is 0. The Hall–Kier alpha value is -1.13. The van der Waals surface area contributed by atoms with E-state index in [1.54, 1.807) is 17.4 Å². The quantitative estimate of drug-likeness (QED) is 0.850. The Labute approximate surface area is 112 Å². The van der Waals surface area contributed by atoms with Crippen LogP contribution in [0.2, 0.25) is 0 Å². The topological polar surface area (TPSA) is 40.5 Å². The molecule has 18 heavy (non-hydrogen) atoms. The molecule has 0 atom stereocenters. The fourth-order valence-electron chi connectivity index (χ4n) is 2.37. The lowest BCUT2D eigenvalue weighted by Gasteiger charge is -2.31. The van der Waals surface area contributed by atoms with E-state index in [0.29, 0.717) is 5.54 Å². The second-order valence-corrected chi connectivity index (χ2v) is 6.51. The van der Waals surface area contributed by atoms with E-state index >= 15 is 0 Å². The zero-order valence-corrected chi connectivity index (χ0v) is 11.7. The van der Waals surface area contributed by atoms with Crippen LogP contribution in [-0.2, 0) is 11.3 Å². The molecule has 1 aliphatic rings. The van der Waals surface area contributed by atoms with Crippen LogP contribution < -0.4 is 0 Å². The summed E-state index contributed by atoms with van der Waals surface area (Å²) in [5.41, 5.74) is 0.293. The first-order valence-corrected chi connectivity index (χ1v) is 7.04. The molecule has 0 aliphatic carbocycles. The number of nitrogens with zero attached hydrogens (tertiary/aromatic N) is 1. The zero-order valence-electron chi connectivity index (χ0n) is 10.8. The van der Waals surface area contributed by atoms with Gasteiger partial charge in [0.05, 0.1) is 0 Å². The maximum Gasteiger partial charge on any atom is 0.328 e. The van der Waals surface area contributed by atoms with Gasteiger partial charge in [-0.1, -0.05) is 0 Å². The molecule has 1 aromatic heterocycles. The lowest BCUT2D eigenvalue weighted by molar-refractivity contribution is -0.131. The van der Waals surface area contributed by atoms with E-state index in [1.165, 1.54) is 23.8 Å². The number of rotatable bonds is 4. The number of likely N-dealkylation sites (tertiary alicyclic amines) is 1. The molecule has 98 valence electrons. The highest BCUT2D eigenvalue weighted by Gasteiger charge is 2.31. The Bertz CT molecular complexity index is 462. The fraction of sp³-hybridized carbons (Fsp3) is 0.500. The number of thiophene rings is 1. The normalized spacial score (nSPS) is 19.7. The average molecular weight is 265 g/mol. The van der Waals surface area contributed by atoms with Crippen molar-refractivity contribution in [3.63, 3.8) is 0 Å². The number of carbonyl (C=O) groups is 1. The van der Waals surface area contributed by atoms with Crippen molar-refractivity contribution in [1.29, 1.82) is 0 Å². The summed E-state index contributed by atoms with van der Waals surface area (Å²) in [5, 5.41) is 8.59. The summed E-state index contributed by atoms with van der Waals surface area (Å²) in [6.07, 6.45) is 5.37. The van der Waals surface area contributed by atoms with Gasteiger partial charge in [-0.15, -0.1) is 11.3 Å². The number of carboxylic acid groups (broad SMARTS) is 1. The molecule has 1 aromatic rings. The van der Waals surface area contributed by atoms with Crippen LogP contribution in [0.1, 0.15) is 36.4 Å². The largest absolute Gasteiger partial charge is 0.478 e. The lowest BCUT2D eigenvalue weighted by Crippen LogP contribution is -2.37. The Morgan fingerprint density at radius 1 is 1.56 bits per heavy atom. The summed E-state index contributed by atoms with van der Waals surface area (Å²) >= 11 is 1.67. The SMILES string of the molecule is CC1(C)CCCN1Cc1ccc(C=CC(=O)O)s1. The van der Waals surface area contributed by atoms with Crippen molar-refractivity contribution in [2.24, 2.45) is 0 Å². The van der Waals surface area contributed by atoms with Gasteiger partial charge in [-0.3, -0.25) is 4.90 Å². The predicted molar refractivity (Wildman–Crippen MR) is 74.7 cm³/mol. The highest BCUT2D eigenvalue weighted by atomic mass is 32.1. The van der Waals surface area contributed by atoms with Gasteiger partial charge in [0.2, 0.25) is 0 Å². The molecule has 1 saturated heterocycles. The third kappa shape index (κ3) is 3.21. The summed E-state index contributed by atoms with van der Waals surface area (Å²) in [7, 11) is 0. The van der Waals surface area contributed by atoms with Crippen LogP contribution in [0, 0.1) is 0 Å².